The molecule has 0 bridgehead atoms. The van der Waals surface area contributed by atoms with E-state index in [0.717, 1.165) is 6.26 Å². The Morgan fingerprint density at radius 2 is 2.05 bits per heavy atom. The van der Waals surface area contributed by atoms with Crippen molar-refractivity contribution in [3.8, 4) is 0 Å². The number of hydrogen-bond donors (Lipinski definition) is 3. The van der Waals surface area contributed by atoms with Crippen molar-refractivity contribution < 1.29 is 13.2 Å². The van der Waals surface area contributed by atoms with Crippen LogP contribution in [-0.4, -0.2) is 44.2 Å². The average molecular weight is 314 g/mol. The maximum absolute atomic E-state index is 12.2. The Hall–Kier alpha value is -1.67. The number of anilines is 1. The largest absolute Gasteiger partial charge is 0.385 e. The van der Waals surface area contributed by atoms with Crippen molar-refractivity contribution in [2.24, 2.45) is 0 Å². The second-order valence-electron chi connectivity index (χ2n) is 5.39. The van der Waals surface area contributed by atoms with Crippen LogP contribution in [0.5, 0.6) is 0 Å². The zero-order valence-electron chi connectivity index (χ0n) is 12.7. The second kappa shape index (κ2) is 6.86. The SMILES string of the molecule is CCNc1ccncc1C(=O)NCC(C)(C)NS(C)(=O)=O. The zero-order chi connectivity index (χ0) is 16.1. The van der Waals surface area contributed by atoms with Crippen LogP contribution in [0.1, 0.15) is 31.1 Å². The van der Waals surface area contributed by atoms with E-state index in [-0.39, 0.29) is 12.5 Å². The molecule has 0 aliphatic heterocycles. The summed E-state index contributed by atoms with van der Waals surface area (Å²) in [5, 5.41) is 5.79. The molecule has 0 atom stereocenters. The molecule has 1 rings (SSSR count). The highest BCUT2D eigenvalue weighted by Crippen LogP contribution is 2.13. The molecule has 1 aromatic rings. The number of nitrogens with zero attached hydrogens (tertiary/aromatic N) is 1. The van der Waals surface area contributed by atoms with Gasteiger partial charge in [0, 0.05) is 31.0 Å². The summed E-state index contributed by atoms with van der Waals surface area (Å²) in [5.41, 5.74) is 0.345. The number of rotatable bonds is 7. The second-order valence-corrected chi connectivity index (χ2v) is 7.14. The van der Waals surface area contributed by atoms with Crippen LogP contribution in [0.25, 0.3) is 0 Å². The summed E-state index contributed by atoms with van der Waals surface area (Å²) in [6.45, 7) is 6.18. The first-order valence-electron chi connectivity index (χ1n) is 6.59. The van der Waals surface area contributed by atoms with E-state index in [0.29, 0.717) is 17.8 Å². The monoisotopic (exact) mass is 314 g/mol. The van der Waals surface area contributed by atoms with Gasteiger partial charge in [-0.25, -0.2) is 13.1 Å². The maximum Gasteiger partial charge on any atom is 0.255 e. The Balaban J connectivity index is 2.74. The lowest BCUT2D eigenvalue weighted by molar-refractivity contribution is 0.0945. The predicted octanol–water partition coefficient (Wildman–Crippen LogP) is 0.571. The van der Waals surface area contributed by atoms with Crippen molar-refractivity contribution in [2.75, 3.05) is 24.7 Å². The highest BCUT2D eigenvalue weighted by molar-refractivity contribution is 7.88. The van der Waals surface area contributed by atoms with Crippen LogP contribution >= 0.6 is 0 Å². The Bertz CT molecular complexity index is 599. The van der Waals surface area contributed by atoms with Crippen molar-refractivity contribution in [3.05, 3.63) is 24.0 Å². The molecule has 8 heteroatoms. The molecule has 0 saturated carbocycles. The van der Waals surface area contributed by atoms with Crippen LogP contribution < -0.4 is 15.4 Å². The van der Waals surface area contributed by atoms with E-state index in [4.69, 9.17) is 0 Å². The maximum atomic E-state index is 12.2. The molecule has 0 unspecified atom stereocenters. The van der Waals surface area contributed by atoms with E-state index >= 15 is 0 Å². The van der Waals surface area contributed by atoms with Crippen molar-refractivity contribution in [3.63, 3.8) is 0 Å². The molecule has 118 valence electrons. The molecule has 1 aromatic heterocycles. The van der Waals surface area contributed by atoms with Gasteiger partial charge in [-0.2, -0.15) is 0 Å². The van der Waals surface area contributed by atoms with Crippen LogP contribution in [0.4, 0.5) is 5.69 Å². The molecule has 3 N–H and O–H groups in total. The molecule has 0 aromatic carbocycles. The standard InChI is InChI=1S/C13H22N4O3S/c1-5-15-11-6-7-14-8-10(11)12(18)16-9-13(2,3)17-21(4,19)20/h6-8,17H,5,9H2,1-4H3,(H,14,15)(H,16,18). The fourth-order valence-electron chi connectivity index (χ4n) is 1.85. The lowest BCUT2D eigenvalue weighted by Gasteiger charge is -2.25. The first-order chi connectivity index (χ1) is 9.64. The number of pyridine rings is 1. The summed E-state index contributed by atoms with van der Waals surface area (Å²) in [5.74, 6) is -0.303. The molecule has 0 aliphatic carbocycles. The normalized spacial score (nSPS) is 12.0. The van der Waals surface area contributed by atoms with Crippen molar-refractivity contribution in [1.29, 1.82) is 0 Å². The molecular weight excluding hydrogens is 292 g/mol. The summed E-state index contributed by atoms with van der Waals surface area (Å²) in [7, 11) is -3.34. The van der Waals surface area contributed by atoms with Gasteiger partial charge < -0.3 is 10.6 Å². The number of sulfonamides is 1. The molecule has 21 heavy (non-hydrogen) atoms. The van der Waals surface area contributed by atoms with Crippen LogP contribution in [0, 0.1) is 0 Å². The molecule has 1 amide bonds. The smallest absolute Gasteiger partial charge is 0.255 e. The molecule has 0 fully saturated rings. The molecule has 1 heterocycles. The van der Waals surface area contributed by atoms with E-state index < -0.39 is 15.6 Å². The van der Waals surface area contributed by atoms with Gasteiger partial charge in [-0.15, -0.1) is 0 Å². The van der Waals surface area contributed by atoms with E-state index in [1.807, 2.05) is 6.92 Å². The van der Waals surface area contributed by atoms with Gasteiger partial charge in [-0.1, -0.05) is 0 Å². The fourth-order valence-corrected chi connectivity index (χ4v) is 2.93. The third kappa shape index (κ3) is 6.09. The lowest BCUT2D eigenvalue weighted by Crippen LogP contribution is -2.51. The van der Waals surface area contributed by atoms with Crippen LogP contribution in [-0.2, 0) is 10.0 Å². The average Bonchev–Trinajstić information content (AvgIpc) is 2.34. The highest BCUT2D eigenvalue weighted by Gasteiger charge is 2.23. The Morgan fingerprint density at radius 3 is 2.62 bits per heavy atom. The van der Waals surface area contributed by atoms with Gasteiger partial charge in [-0.3, -0.25) is 9.78 Å². The van der Waals surface area contributed by atoms with Crippen molar-refractivity contribution in [1.82, 2.24) is 15.0 Å². The van der Waals surface area contributed by atoms with E-state index in [1.54, 1.807) is 26.1 Å². The van der Waals surface area contributed by atoms with Crippen LogP contribution in [0.3, 0.4) is 0 Å². The minimum Gasteiger partial charge on any atom is -0.385 e. The van der Waals surface area contributed by atoms with Crippen LogP contribution in [0.2, 0.25) is 0 Å². The lowest BCUT2D eigenvalue weighted by atomic mass is 10.1. The summed E-state index contributed by atoms with van der Waals surface area (Å²) in [6.07, 6.45) is 4.16. The van der Waals surface area contributed by atoms with Gasteiger partial charge in [0.25, 0.3) is 5.91 Å². The topological polar surface area (TPSA) is 100 Å². The first-order valence-corrected chi connectivity index (χ1v) is 8.49. The molecule has 0 spiro atoms. The third-order valence-corrected chi connectivity index (χ3v) is 3.51. The number of aromatic nitrogens is 1. The number of carbonyl (C=O) groups is 1. The summed E-state index contributed by atoms with van der Waals surface area (Å²) < 4.78 is 25.0. The van der Waals surface area contributed by atoms with E-state index in [9.17, 15) is 13.2 Å². The van der Waals surface area contributed by atoms with Gasteiger partial charge in [0.2, 0.25) is 10.0 Å². The van der Waals surface area contributed by atoms with Crippen molar-refractivity contribution >= 4 is 21.6 Å². The number of hydrogen-bond acceptors (Lipinski definition) is 5. The molecule has 0 aliphatic rings. The molecule has 7 nitrogen and oxygen atoms in total. The van der Waals surface area contributed by atoms with Crippen LogP contribution in [0.15, 0.2) is 18.5 Å². The minimum atomic E-state index is -3.34. The minimum absolute atomic E-state index is 0.166. The predicted molar refractivity (Wildman–Crippen MR) is 82.8 cm³/mol. The van der Waals surface area contributed by atoms with Gasteiger partial charge in [-0.05, 0) is 26.8 Å². The van der Waals surface area contributed by atoms with E-state index in [2.05, 4.69) is 20.3 Å². The number of amides is 1. The summed E-state index contributed by atoms with van der Waals surface area (Å²) in [6, 6.07) is 1.72. The highest BCUT2D eigenvalue weighted by atomic mass is 32.2. The van der Waals surface area contributed by atoms with Gasteiger partial charge in [0.05, 0.1) is 17.5 Å². The third-order valence-electron chi connectivity index (χ3n) is 2.59. The fraction of sp³-hybridized carbons (Fsp3) is 0.538. The molecule has 0 radical (unpaired) electrons. The number of carbonyl (C=O) groups excluding carboxylic acids is 1. The summed E-state index contributed by atoms with van der Waals surface area (Å²) >= 11 is 0. The van der Waals surface area contributed by atoms with E-state index in [1.165, 1.54) is 6.20 Å². The number of nitrogens with one attached hydrogen (secondary N) is 3. The molecule has 0 saturated heterocycles. The van der Waals surface area contributed by atoms with Gasteiger partial charge in [0.15, 0.2) is 0 Å². The van der Waals surface area contributed by atoms with Crippen molar-refractivity contribution in [2.45, 2.75) is 26.3 Å². The Labute approximate surface area is 125 Å². The zero-order valence-corrected chi connectivity index (χ0v) is 13.5. The quantitative estimate of drug-likeness (QED) is 0.683. The molecular formula is C13H22N4O3S. The Morgan fingerprint density at radius 1 is 1.38 bits per heavy atom. The summed E-state index contributed by atoms with van der Waals surface area (Å²) in [4.78, 5) is 16.1. The first kappa shape index (κ1) is 17.4. The Kier molecular flexibility index (Phi) is 5.68. The van der Waals surface area contributed by atoms with Gasteiger partial charge in [0.1, 0.15) is 0 Å². The van der Waals surface area contributed by atoms with Gasteiger partial charge >= 0.3 is 0 Å².